The van der Waals surface area contributed by atoms with E-state index in [0.29, 0.717) is 25.4 Å². The second kappa shape index (κ2) is 8.45. The van der Waals surface area contributed by atoms with E-state index < -0.39 is 0 Å². The van der Waals surface area contributed by atoms with Crippen molar-refractivity contribution in [2.24, 2.45) is 0 Å². The van der Waals surface area contributed by atoms with Crippen LogP contribution < -0.4 is 14.2 Å². The van der Waals surface area contributed by atoms with Crippen LogP contribution in [0.15, 0.2) is 66.7 Å². The minimum atomic E-state index is -0.202. The van der Waals surface area contributed by atoms with Crippen LogP contribution in [0.2, 0.25) is 0 Å². The van der Waals surface area contributed by atoms with Gasteiger partial charge < -0.3 is 19.3 Å². The molecule has 29 heavy (non-hydrogen) atoms. The van der Waals surface area contributed by atoms with Gasteiger partial charge in [-0.05, 0) is 24.3 Å². The molecule has 0 aliphatic carbocycles. The van der Waals surface area contributed by atoms with Crippen molar-refractivity contribution in [3.8, 4) is 23.0 Å². The number of rotatable bonds is 5. The van der Waals surface area contributed by atoms with Crippen molar-refractivity contribution in [2.45, 2.75) is 19.2 Å². The van der Waals surface area contributed by atoms with Crippen molar-refractivity contribution in [3.05, 3.63) is 83.4 Å². The molecule has 0 unspecified atom stereocenters. The molecule has 0 saturated heterocycles. The number of aromatic hydroxyl groups is 1. The summed E-state index contributed by atoms with van der Waals surface area (Å²) in [4.78, 5) is 2.26. The van der Waals surface area contributed by atoms with Crippen LogP contribution >= 0.6 is 0 Å². The number of phenolic OH excluding ortho intramolecular Hbond substituents is 1. The van der Waals surface area contributed by atoms with E-state index in [1.54, 1.807) is 26.4 Å². The first kappa shape index (κ1) is 19.2. The lowest BCUT2D eigenvalue weighted by Gasteiger charge is -2.26. The predicted octanol–water partition coefficient (Wildman–Crippen LogP) is 4.55. The summed E-state index contributed by atoms with van der Waals surface area (Å²) in [6.07, 6.45) is -0.202. The van der Waals surface area contributed by atoms with Crippen molar-refractivity contribution in [1.82, 2.24) is 4.90 Å². The predicted molar refractivity (Wildman–Crippen MR) is 112 cm³/mol. The molecule has 5 heteroatoms. The Hall–Kier alpha value is -3.18. The van der Waals surface area contributed by atoms with Crippen LogP contribution in [0, 0.1) is 0 Å². The Balaban J connectivity index is 1.71. The van der Waals surface area contributed by atoms with Gasteiger partial charge in [-0.2, -0.15) is 0 Å². The lowest BCUT2D eigenvalue weighted by molar-refractivity contribution is 0.140. The van der Waals surface area contributed by atoms with Crippen LogP contribution in [0.3, 0.4) is 0 Å². The van der Waals surface area contributed by atoms with Gasteiger partial charge >= 0.3 is 0 Å². The quantitative estimate of drug-likeness (QED) is 0.692. The first-order valence-corrected chi connectivity index (χ1v) is 9.64. The van der Waals surface area contributed by atoms with Gasteiger partial charge in [0, 0.05) is 36.3 Å². The summed E-state index contributed by atoms with van der Waals surface area (Å²) in [6.45, 7) is 1.89. The zero-order valence-electron chi connectivity index (χ0n) is 16.7. The molecule has 3 aromatic rings. The van der Waals surface area contributed by atoms with E-state index in [0.717, 1.165) is 28.2 Å². The van der Waals surface area contributed by atoms with Gasteiger partial charge in [-0.3, -0.25) is 4.90 Å². The molecule has 0 radical (unpaired) electrons. The van der Waals surface area contributed by atoms with Crippen LogP contribution in [0.4, 0.5) is 0 Å². The number of benzene rings is 3. The molecule has 1 atom stereocenters. The maximum absolute atomic E-state index is 10.4. The summed E-state index contributed by atoms with van der Waals surface area (Å²) in [6, 6.07) is 21.4. The Morgan fingerprint density at radius 3 is 2.48 bits per heavy atom. The average Bonchev–Trinajstić information content (AvgIpc) is 2.94. The molecule has 0 aromatic heterocycles. The zero-order chi connectivity index (χ0) is 20.2. The molecule has 0 bridgehead atoms. The van der Waals surface area contributed by atoms with Crippen molar-refractivity contribution in [3.63, 3.8) is 0 Å². The third kappa shape index (κ3) is 4.00. The van der Waals surface area contributed by atoms with Crippen LogP contribution in [0.5, 0.6) is 23.0 Å². The first-order chi connectivity index (χ1) is 14.2. The number of hydrogen-bond acceptors (Lipinski definition) is 5. The summed E-state index contributed by atoms with van der Waals surface area (Å²) in [5.41, 5.74) is 2.88. The highest BCUT2D eigenvalue weighted by Crippen LogP contribution is 2.36. The number of ether oxygens (including phenoxy) is 3. The minimum absolute atomic E-state index is 0.202. The number of para-hydroxylation sites is 2. The maximum Gasteiger partial charge on any atom is 0.140 e. The highest BCUT2D eigenvalue weighted by molar-refractivity contribution is 5.44. The molecule has 3 aromatic carbocycles. The smallest absolute Gasteiger partial charge is 0.140 e. The fourth-order valence-electron chi connectivity index (χ4n) is 3.82. The summed E-state index contributed by atoms with van der Waals surface area (Å²) >= 11 is 0. The lowest BCUT2D eigenvalue weighted by Crippen LogP contribution is -2.28. The van der Waals surface area contributed by atoms with Gasteiger partial charge in [0.1, 0.15) is 29.1 Å². The Labute approximate surface area is 171 Å². The van der Waals surface area contributed by atoms with Crippen LogP contribution in [-0.4, -0.2) is 30.8 Å². The third-order valence-corrected chi connectivity index (χ3v) is 5.26. The number of fused-ring (bicyclic) bond motifs is 1. The van der Waals surface area contributed by atoms with Crippen molar-refractivity contribution in [1.29, 1.82) is 0 Å². The molecule has 1 heterocycles. The molecule has 0 amide bonds. The summed E-state index contributed by atoms with van der Waals surface area (Å²) < 4.78 is 17.5. The molecular weight excluding hydrogens is 366 g/mol. The maximum atomic E-state index is 10.4. The lowest BCUT2D eigenvalue weighted by atomic mass is 10.1. The molecule has 150 valence electrons. The van der Waals surface area contributed by atoms with E-state index >= 15 is 0 Å². The second-order valence-electron chi connectivity index (χ2n) is 7.08. The summed E-state index contributed by atoms with van der Waals surface area (Å²) in [5, 5.41) is 10.4. The fourth-order valence-corrected chi connectivity index (χ4v) is 3.82. The third-order valence-electron chi connectivity index (χ3n) is 5.26. The van der Waals surface area contributed by atoms with Gasteiger partial charge in [-0.25, -0.2) is 0 Å². The normalized spacial score (nSPS) is 16.4. The van der Waals surface area contributed by atoms with Crippen LogP contribution in [0.25, 0.3) is 0 Å². The highest BCUT2D eigenvalue weighted by Gasteiger charge is 2.27. The van der Waals surface area contributed by atoms with Gasteiger partial charge in [0.25, 0.3) is 0 Å². The monoisotopic (exact) mass is 391 g/mol. The molecule has 0 saturated carbocycles. The molecule has 4 rings (SSSR count). The zero-order valence-corrected chi connectivity index (χ0v) is 16.7. The van der Waals surface area contributed by atoms with E-state index in [1.165, 1.54) is 0 Å². The molecule has 1 aliphatic heterocycles. The number of nitrogens with zero attached hydrogens (tertiary/aromatic N) is 1. The summed E-state index contributed by atoms with van der Waals surface area (Å²) in [7, 11) is 3.30. The standard InChI is InChI=1S/C24H25NO4/c1-27-22-12-6-4-9-18(22)24-16-25(14-17-8-3-5-11-21(17)29-24)15-19-20(26)10-7-13-23(19)28-2/h3-13,24,26H,14-16H2,1-2H3/t24-/m0/s1. The topological polar surface area (TPSA) is 51.2 Å². The van der Waals surface area contributed by atoms with Gasteiger partial charge in [0.05, 0.1) is 14.2 Å². The molecule has 0 fully saturated rings. The van der Waals surface area contributed by atoms with Gasteiger partial charge in [0.15, 0.2) is 0 Å². The van der Waals surface area contributed by atoms with E-state index in [-0.39, 0.29) is 11.9 Å². The molecule has 0 spiro atoms. The van der Waals surface area contributed by atoms with Gasteiger partial charge in [-0.15, -0.1) is 0 Å². The largest absolute Gasteiger partial charge is 0.507 e. The van der Waals surface area contributed by atoms with Crippen LogP contribution in [0.1, 0.15) is 22.8 Å². The minimum Gasteiger partial charge on any atom is -0.507 e. The Bertz CT molecular complexity index is 988. The number of hydrogen-bond donors (Lipinski definition) is 1. The average molecular weight is 391 g/mol. The van der Waals surface area contributed by atoms with Crippen molar-refractivity contribution >= 4 is 0 Å². The van der Waals surface area contributed by atoms with Crippen LogP contribution in [-0.2, 0) is 13.1 Å². The summed E-state index contributed by atoms with van der Waals surface area (Å²) in [5.74, 6) is 2.58. The first-order valence-electron chi connectivity index (χ1n) is 9.64. The Morgan fingerprint density at radius 1 is 0.931 bits per heavy atom. The Morgan fingerprint density at radius 2 is 1.66 bits per heavy atom. The van der Waals surface area contributed by atoms with Crippen molar-refractivity contribution in [2.75, 3.05) is 20.8 Å². The van der Waals surface area contributed by atoms with Gasteiger partial charge in [-0.1, -0.05) is 42.5 Å². The van der Waals surface area contributed by atoms with E-state index in [2.05, 4.69) is 11.0 Å². The van der Waals surface area contributed by atoms with Gasteiger partial charge in [0.2, 0.25) is 0 Å². The molecule has 1 aliphatic rings. The van der Waals surface area contributed by atoms with Crippen molar-refractivity contribution < 1.29 is 19.3 Å². The van der Waals surface area contributed by atoms with E-state index in [1.807, 2.05) is 48.5 Å². The molecular formula is C24H25NO4. The fraction of sp³-hybridized carbons (Fsp3) is 0.250. The SMILES string of the molecule is COc1ccccc1[C@@H]1CN(Cc2c(O)cccc2OC)Cc2ccccc2O1. The second-order valence-corrected chi connectivity index (χ2v) is 7.08. The van der Waals surface area contributed by atoms with E-state index in [4.69, 9.17) is 14.2 Å². The highest BCUT2D eigenvalue weighted by atomic mass is 16.5. The Kier molecular flexibility index (Phi) is 5.58. The number of methoxy groups -OCH3 is 2. The van der Waals surface area contributed by atoms with E-state index in [9.17, 15) is 5.11 Å². The molecule has 5 nitrogen and oxygen atoms in total. The molecule has 1 N–H and O–H groups in total. The number of phenols is 1.